The van der Waals surface area contributed by atoms with E-state index >= 15 is 0 Å². The van der Waals surface area contributed by atoms with Crippen molar-refractivity contribution in [2.24, 2.45) is 0 Å². The van der Waals surface area contributed by atoms with Crippen molar-refractivity contribution in [3.8, 4) is 0 Å². The van der Waals surface area contributed by atoms with Gasteiger partial charge in [0.15, 0.2) is 0 Å². The van der Waals surface area contributed by atoms with Gasteiger partial charge in [0.2, 0.25) is 0 Å². The SMILES string of the molecule is C=CC1(NC(=O)OC(C)(C)C)CCOC1. The standard InChI is InChI=1S/C11H19NO3/c1-5-11(6-7-14-8-11)12-9(13)15-10(2,3)4/h5H,1,6-8H2,2-4H3,(H,12,13). The van der Waals surface area contributed by atoms with Gasteiger partial charge in [-0.15, -0.1) is 6.58 Å². The second-order valence-corrected chi connectivity index (χ2v) is 4.79. The van der Waals surface area contributed by atoms with Crippen molar-refractivity contribution >= 4 is 6.09 Å². The molecule has 0 bridgehead atoms. The van der Waals surface area contributed by atoms with Gasteiger partial charge >= 0.3 is 6.09 Å². The molecule has 1 amide bonds. The van der Waals surface area contributed by atoms with Gasteiger partial charge in [-0.1, -0.05) is 6.08 Å². The van der Waals surface area contributed by atoms with Crippen molar-refractivity contribution in [1.82, 2.24) is 5.32 Å². The average molecular weight is 213 g/mol. The molecule has 1 fully saturated rings. The molecule has 0 aromatic heterocycles. The largest absolute Gasteiger partial charge is 0.444 e. The van der Waals surface area contributed by atoms with Crippen LogP contribution in [0, 0.1) is 0 Å². The maximum Gasteiger partial charge on any atom is 0.408 e. The molecular formula is C11H19NO3. The quantitative estimate of drug-likeness (QED) is 0.712. The lowest BCUT2D eigenvalue weighted by Gasteiger charge is -2.27. The van der Waals surface area contributed by atoms with Crippen LogP contribution in [-0.2, 0) is 9.47 Å². The molecule has 1 rings (SSSR count). The highest BCUT2D eigenvalue weighted by Gasteiger charge is 2.34. The minimum Gasteiger partial charge on any atom is -0.444 e. The smallest absolute Gasteiger partial charge is 0.408 e. The summed E-state index contributed by atoms with van der Waals surface area (Å²) in [5.41, 5.74) is -0.936. The van der Waals surface area contributed by atoms with Gasteiger partial charge < -0.3 is 14.8 Å². The molecule has 0 saturated carbocycles. The number of hydrogen-bond donors (Lipinski definition) is 1. The molecule has 0 aliphatic carbocycles. The molecule has 1 aliphatic rings. The summed E-state index contributed by atoms with van der Waals surface area (Å²) in [4.78, 5) is 11.5. The number of rotatable bonds is 2. The van der Waals surface area contributed by atoms with Crippen LogP contribution in [0.2, 0.25) is 0 Å². The van der Waals surface area contributed by atoms with E-state index in [1.165, 1.54) is 0 Å². The minimum atomic E-state index is -0.480. The lowest BCUT2D eigenvalue weighted by molar-refractivity contribution is 0.0468. The topological polar surface area (TPSA) is 47.6 Å². The third kappa shape index (κ3) is 3.55. The highest BCUT2D eigenvalue weighted by Crippen LogP contribution is 2.20. The molecule has 15 heavy (non-hydrogen) atoms. The first kappa shape index (κ1) is 12.0. The molecule has 1 heterocycles. The van der Waals surface area contributed by atoms with Gasteiger partial charge in [-0.3, -0.25) is 0 Å². The van der Waals surface area contributed by atoms with Crippen LogP contribution >= 0.6 is 0 Å². The summed E-state index contributed by atoms with van der Waals surface area (Å²) in [6, 6.07) is 0. The van der Waals surface area contributed by atoms with E-state index in [4.69, 9.17) is 9.47 Å². The number of carbonyl (C=O) groups is 1. The Labute approximate surface area is 90.6 Å². The summed E-state index contributed by atoms with van der Waals surface area (Å²) in [5, 5.41) is 2.79. The number of amides is 1. The maximum atomic E-state index is 11.5. The molecule has 1 atom stereocenters. The van der Waals surface area contributed by atoms with E-state index in [0.29, 0.717) is 13.2 Å². The molecule has 0 radical (unpaired) electrons. The Morgan fingerprint density at radius 1 is 1.60 bits per heavy atom. The summed E-state index contributed by atoms with van der Waals surface area (Å²) >= 11 is 0. The summed E-state index contributed by atoms with van der Waals surface area (Å²) in [7, 11) is 0. The van der Waals surface area contributed by atoms with Gasteiger partial charge in [-0.2, -0.15) is 0 Å². The monoisotopic (exact) mass is 213 g/mol. The lowest BCUT2D eigenvalue weighted by atomic mass is 10.00. The summed E-state index contributed by atoms with van der Waals surface area (Å²) < 4.78 is 10.4. The summed E-state index contributed by atoms with van der Waals surface area (Å²) in [6.07, 6.45) is 2.03. The van der Waals surface area contributed by atoms with Crippen LogP contribution in [-0.4, -0.2) is 30.4 Å². The van der Waals surface area contributed by atoms with Crippen LogP contribution in [0.25, 0.3) is 0 Å². The first-order valence-electron chi connectivity index (χ1n) is 5.09. The second kappa shape index (κ2) is 4.23. The van der Waals surface area contributed by atoms with E-state index in [9.17, 15) is 4.79 Å². The fourth-order valence-electron chi connectivity index (χ4n) is 1.40. The van der Waals surface area contributed by atoms with Crippen LogP contribution in [0.5, 0.6) is 0 Å². The Balaban J connectivity index is 2.52. The van der Waals surface area contributed by atoms with Crippen molar-refractivity contribution in [3.05, 3.63) is 12.7 Å². The second-order valence-electron chi connectivity index (χ2n) is 4.79. The van der Waals surface area contributed by atoms with Gasteiger partial charge in [-0.25, -0.2) is 4.79 Å². The summed E-state index contributed by atoms with van der Waals surface area (Å²) in [5.74, 6) is 0. The van der Waals surface area contributed by atoms with Crippen molar-refractivity contribution in [2.75, 3.05) is 13.2 Å². The van der Waals surface area contributed by atoms with Gasteiger partial charge in [0, 0.05) is 6.61 Å². The van der Waals surface area contributed by atoms with E-state index in [-0.39, 0.29) is 0 Å². The molecule has 1 aliphatic heterocycles. The number of carbonyl (C=O) groups excluding carboxylic acids is 1. The molecule has 1 unspecified atom stereocenters. The zero-order chi connectivity index (χ0) is 11.5. The maximum absolute atomic E-state index is 11.5. The molecular weight excluding hydrogens is 194 g/mol. The zero-order valence-corrected chi connectivity index (χ0v) is 9.63. The van der Waals surface area contributed by atoms with Crippen LogP contribution in [0.15, 0.2) is 12.7 Å². The van der Waals surface area contributed by atoms with E-state index < -0.39 is 17.2 Å². The lowest BCUT2D eigenvalue weighted by Crippen LogP contribution is -2.49. The van der Waals surface area contributed by atoms with Gasteiger partial charge in [0.05, 0.1) is 12.1 Å². The summed E-state index contributed by atoms with van der Waals surface area (Å²) in [6.45, 7) is 10.3. The third-order valence-electron chi connectivity index (χ3n) is 2.19. The molecule has 1 N–H and O–H groups in total. The van der Waals surface area contributed by atoms with Crippen molar-refractivity contribution in [2.45, 2.75) is 38.3 Å². The molecule has 86 valence electrons. The third-order valence-corrected chi connectivity index (χ3v) is 2.19. The normalized spacial score (nSPS) is 26.1. The van der Waals surface area contributed by atoms with Gasteiger partial charge in [0.1, 0.15) is 5.60 Å². The number of ether oxygens (including phenoxy) is 2. The molecule has 0 spiro atoms. The average Bonchev–Trinajstić information content (AvgIpc) is 2.50. The van der Waals surface area contributed by atoms with E-state index in [1.807, 2.05) is 20.8 Å². The number of alkyl carbamates (subject to hydrolysis) is 1. The Hall–Kier alpha value is -1.03. The molecule has 1 saturated heterocycles. The Bertz CT molecular complexity index is 249. The predicted octanol–water partition coefficient (Wildman–Crippen LogP) is 1.86. The van der Waals surface area contributed by atoms with E-state index in [1.54, 1.807) is 6.08 Å². The Kier molecular flexibility index (Phi) is 3.39. The van der Waals surface area contributed by atoms with Gasteiger partial charge in [-0.05, 0) is 27.2 Å². The highest BCUT2D eigenvalue weighted by atomic mass is 16.6. The first-order valence-corrected chi connectivity index (χ1v) is 5.09. The van der Waals surface area contributed by atoms with E-state index in [0.717, 1.165) is 6.42 Å². The minimum absolute atomic E-state index is 0.423. The molecule has 4 heteroatoms. The van der Waals surface area contributed by atoms with Crippen molar-refractivity contribution < 1.29 is 14.3 Å². The van der Waals surface area contributed by atoms with Crippen molar-refractivity contribution in [1.29, 1.82) is 0 Å². The van der Waals surface area contributed by atoms with E-state index in [2.05, 4.69) is 11.9 Å². The fraction of sp³-hybridized carbons (Fsp3) is 0.727. The molecule has 0 aromatic carbocycles. The predicted molar refractivity (Wildman–Crippen MR) is 57.7 cm³/mol. The van der Waals surface area contributed by atoms with Crippen LogP contribution in [0.1, 0.15) is 27.2 Å². The van der Waals surface area contributed by atoms with Gasteiger partial charge in [0.25, 0.3) is 0 Å². The van der Waals surface area contributed by atoms with Crippen LogP contribution < -0.4 is 5.32 Å². The van der Waals surface area contributed by atoms with Crippen LogP contribution in [0.4, 0.5) is 4.79 Å². The number of nitrogens with one attached hydrogen (secondary N) is 1. The Morgan fingerprint density at radius 2 is 2.27 bits per heavy atom. The van der Waals surface area contributed by atoms with Crippen molar-refractivity contribution in [3.63, 3.8) is 0 Å². The Morgan fingerprint density at radius 3 is 2.67 bits per heavy atom. The molecule has 0 aromatic rings. The first-order chi connectivity index (χ1) is 6.87. The number of hydrogen-bond acceptors (Lipinski definition) is 3. The highest BCUT2D eigenvalue weighted by molar-refractivity contribution is 5.69. The molecule has 4 nitrogen and oxygen atoms in total. The van der Waals surface area contributed by atoms with Crippen LogP contribution in [0.3, 0.4) is 0 Å². The zero-order valence-electron chi connectivity index (χ0n) is 9.63. The fourth-order valence-corrected chi connectivity index (χ4v) is 1.40.